The number of hydrogen-bond donors (Lipinski definition) is 3. The number of benzene rings is 3. The first kappa shape index (κ1) is 106. The number of ketones is 3. The number of carbonyl (C=O) groups excluding carboxylic acids is 3. The second-order valence-corrected chi connectivity index (χ2v) is 36.4. The van der Waals surface area contributed by atoms with Gasteiger partial charge in [0.1, 0.15) is 0 Å². The summed E-state index contributed by atoms with van der Waals surface area (Å²) in [6, 6.07) is 11.3. The number of Topliss-reactive ketones (excluding diaryl/α,β-unsaturated/α-hetero) is 3. The minimum Gasteiger partial charge on any atom is -0.489 e. The van der Waals surface area contributed by atoms with Crippen molar-refractivity contribution in [2.24, 2.45) is 35.5 Å². The fourth-order valence-corrected chi connectivity index (χ4v) is 15.2. The highest BCUT2D eigenvalue weighted by Gasteiger charge is 2.39. The molecule has 0 bridgehead atoms. The van der Waals surface area contributed by atoms with E-state index in [2.05, 4.69) is 120 Å². The van der Waals surface area contributed by atoms with Crippen molar-refractivity contribution in [3.05, 3.63) is 71.7 Å². The average molecular weight is 1670 g/mol. The van der Waals surface area contributed by atoms with E-state index in [1.54, 1.807) is 0 Å². The molecule has 0 aliphatic heterocycles. The number of hydrogen-bond acceptors (Lipinski definition) is 15. The van der Waals surface area contributed by atoms with E-state index in [-0.39, 0.29) is 16.7 Å². The highest BCUT2D eigenvalue weighted by Crippen LogP contribution is 2.45. The van der Waals surface area contributed by atoms with Crippen LogP contribution < -0.4 is 58.6 Å². The molecule has 15 nitrogen and oxygen atoms in total. The molecule has 15 heteroatoms. The molecule has 120 heavy (non-hydrogen) atoms. The standard InChI is InChI=1S/C105H177N3O12/c1-16-22-28-34-40-46-64-112-94-73-88(76-97(103(94)118-67-49-43-37-31-25-19-4)115-70-61-85(13)58-52-55-82(7)8)106-79-91-100(109)92(80-107-89-74-95(113-65-47-41-35-29-23-17-2)104(119-68-50-44-38-32-26-20-5)98(77-89)116-71-62-86(14)59-53-56-83(9)10)102(111)93(101(91)110)81-108-90-75-96(114-66-48-42-36-30-24-18-3)105(120-69-51-45-39-33-27-21-6)99(78-90)117-72-63-87(15)60-54-57-84(11)12/h73-87,106-108H,16-72H2,1-15H3/t85-,86-,87-/m0/s1. The molecule has 684 valence electrons. The summed E-state index contributed by atoms with van der Waals surface area (Å²) < 4.78 is 61.1. The van der Waals surface area contributed by atoms with Gasteiger partial charge in [-0.3, -0.25) is 14.4 Å². The largest absolute Gasteiger partial charge is 0.489 e. The second kappa shape index (κ2) is 67.9. The quantitative estimate of drug-likeness (QED) is 0.0277. The maximum atomic E-state index is 15.7. The van der Waals surface area contributed by atoms with E-state index in [9.17, 15) is 0 Å². The molecule has 0 radical (unpaired) electrons. The van der Waals surface area contributed by atoms with E-state index in [1.807, 2.05) is 36.4 Å². The Bertz CT molecular complexity index is 2900. The van der Waals surface area contributed by atoms with Crippen LogP contribution in [0.5, 0.6) is 51.7 Å². The zero-order valence-electron chi connectivity index (χ0n) is 79.4. The lowest BCUT2D eigenvalue weighted by molar-refractivity contribution is -0.124. The van der Waals surface area contributed by atoms with Crippen molar-refractivity contribution in [3.63, 3.8) is 0 Å². The fraction of sp³-hybridized carbons (Fsp3) is 0.743. The monoisotopic (exact) mass is 1670 g/mol. The summed E-state index contributed by atoms with van der Waals surface area (Å²) in [5, 5.41) is 10.2. The first-order valence-electron chi connectivity index (χ1n) is 49.6. The molecule has 0 heterocycles. The molecule has 1 aliphatic rings. The van der Waals surface area contributed by atoms with Crippen molar-refractivity contribution in [1.82, 2.24) is 0 Å². The highest BCUT2D eigenvalue weighted by molar-refractivity contribution is 6.51. The summed E-state index contributed by atoms with van der Waals surface area (Å²) in [5.41, 5.74) is 0.830. The van der Waals surface area contributed by atoms with E-state index in [0.717, 1.165) is 173 Å². The van der Waals surface area contributed by atoms with Gasteiger partial charge in [-0.15, -0.1) is 0 Å². The molecule has 0 spiro atoms. The molecule has 3 N–H and O–H groups in total. The topological polar surface area (TPSA) is 170 Å². The van der Waals surface area contributed by atoms with Gasteiger partial charge in [0.15, 0.2) is 34.5 Å². The Labute approximate surface area is 733 Å². The number of nitrogens with one attached hydrogen (secondary N) is 3. The van der Waals surface area contributed by atoms with Crippen LogP contribution in [0.1, 0.15) is 412 Å². The maximum Gasteiger partial charge on any atom is 0.203 e. The summed E-state index contributed by atoms with van der Waals surface area (Å²) in [6.45, 7) is 38.3. The average Bonchev–Trinajstić information content (AvgIpc) is 0.792. The van der Waals surface area contributed by atoms with Crippen LogP contribution in [-0.4, -0.2) is 76.8 Å². The molecule has 3 aromatic rings. The van der Waals surface area contributed by atoms with Crippen LogP contribution in [0.15, 0.2) is 71.7 Å². The first-order valence-corrected chi connectivity index (χ1v) is 49.6. The lowest BCUT2D eigenvalue weighted by atomic mass is 9.84. The minimum atomic E-state index is -0.753. The summed E-state index contributed by atoms with van der Waals surface area (Å²) in [6.07, 6.45) is 57.1. The van der Waals surface area contributed by atoms with Gasteiger partial charge in [-0.05, 0) is 93.3 Å². The third-order valence-corrected chi connectivity index (χ3v) is 23.2. The van der Waals surface area contributed by atoms with Gasteiger partial charge in [-0.2, -0.15) is 0 Å². The molecule has 0 amide bonds. The van der Waals surface area contributed by atoms with Crippen molar-refractivity contribution in [1.29, 1.82) is 0 Å². The van der Waals surface area contributed by atoms with Crippen molar-refractivity contribution >= 4 is 34.4 Å². The van der Waals surface area contributed by atoms with E-state index < -0.39 is 17.3 Å². The van der Waals surface area contributed by atoms with Gasteiger partial charge in [0, 0.05) is 72.1 Å². The van der Waals surface area contributed by atoms with Gasteiger partial charge < -0.3 is 58.6 Å². The molecule has 3 atom stereocenters. The minimum absolute atomic E-state index is 0.243. The predicted molar refractivity (Wildman–Crippen MR) is 507 cm³/mol. The van der Waals surface area contributed by atoms with E-state index in [1.165, 1.54) is 153 Å². The molecule has 0 unspecified atom stereocenters. The highest BCUT2D eigenvalue weighted by atomic mass is 16.6. The molecular weight excluding hydrogens is 1500 g/mol. The Morgan fingerprint density at radius 3 is 0.608 bits per heavy atom. The van der Waals surface area contributed by atoms with E-state index in [4.69, 9.17) is 42.6 Å². The third kappa shape index (κ3) is 46.8. The number of allylic oxidation sites excluding steroid dienone is 3. The predicted octanol–water partition coefficient (Wildman–Crippen LogP) is 30.8. The van der Waals surface area contributed by atoms with Crippen LogP contribution >= 0.6 is 0 Å². The van der Waals surface area contributed by atoms with Gasteiger partial charge in [0.05, 0.1) is 76.2 Å². The first-order chi connectivity index (χ1) is 58.4. The Morgan fingerprint density at radius 2 is 0.408 bits per heavy atom. The molecule has 1 aliphatic carbocycles. The lowest BCUT2D eigenvalue weighted by Gasteiger charge is -2.21. The van der Waals surface area contributed by atoms with Crippen LogP contribution in [0.2, 0.25) is 0 Å². The van der Waals surface area contributed by atoms with Crippen LogP contribution in [0.4, 0.5) is 17.1 Å². The molecule has 1 saturated carbocycles. The second-order valence-electron chi connectivity index (χ2n) is 36.4. The number of carbonyl (C=O) groups is 3. The van der Waals surface area contributed by atoms with Crippen LogP contribution in [0, 0.1) is 35.5 Å². The van der Waals surface area contributed by atoms with Crippen molar-refractivity contribution in [2.75, 3.05) is 75.4 Å². The Balaban J connectivity index is 2.04. The molecule has 3 aromatic carbocycles. The fourth-order valence-electron chi connectivity index (χ4n) is 15.2. The van der Waals surface area contributed by atoms with Crippen molar-refractivity contribution in [3.8, 4) is 51.7 Å². The molecule has 0 aromatic heterocycles. The number of ether oxygens (including phenoxy) is 9. The smallest absolute Gasteiger partial charge is 0.203 e. The normalized spacial score (nSPS) is 13.2. The number of anilines is 3. The third-order valence-electron chi connectivity index (χ3n) is 23.2. The Morgan fingerprint density at radius 1 is 0.225 bits per heavy atom. The van der Waals surface area contributed by atoms with Gasteiger partial charge >= 0.3 is 0 Å². The maximum absolute atomic E-state index is 15.7. The molecule has 1 fully saturated rings. The van der Waals surface area contributed by atoms with E-state index >= 15 is 14.4 Å². The zero-order chi connectivity index (χ0) is 87.0. The van der Waals surface area contributed by atoms with Crippen molar-refractivity contribution < 1.29 is 57.0 Å². The van der Waals surface area contributed by atoms with Gasteiger partial charge in [0.2, 0.25) is 34.6 Å². The summed E-state index contributed by atoms with van der Waals surface area (Å²) in [4.78, 5) is 47.0. The molecule has 0 saturated heterocycles. The SMILES string of the molecule is CCCCCCCCOc1cc(NC=C2C(=O)C(=CNc3cc(OCCCCCCCC)c(OCCCCCCCC)c(OCC[C@@H](C)CCCC(C)C)c3)C(=O)C(=CNc3cc(OCCCCCCCC)c(OCCCCCCCC)c(OCC[C@@H](C)CCCC(C)C)c3)C2=O)cc(OCC[C@@H](C)CCCC(C)C)c1OCCCCCCCC. The lowest BCUT2D eigenvalue weighted by Crippen LogP contribution is -2.33. The van der Waals surface area contributed by atoms with Crippen LogP contribution in [0.3, 0.4) is 0 Å². The van der Waals surface area contributed by atoms with Crippen molar-refractivity contribution in [2.45, 2.75) is 412 Å². The van der Waals surface area contributed by atoms with Gasteiger partial charge in [0.25, 0.3) is 0 Å². The summed E-state index contributed by atoms with van der Waals surface area (Å²) in [7, 11) is 0. The van der Waals surface area contributed by atoms with Crippen LogP contribution in [-0.2, 0) is 14.4 Å². The molecule has 4 rings (SSSR count). The Hall–Kier alpha value is -6.51. The zero-order valence-corrected chi connectivity index (χ0v) is 79.4. The molecular formula is C105H177N3O12. The Kier molecular flexibility index (Phi) is 59.9. The summed E-state index contributed by atoms with van der Waals surface area (Å²) >= 11 is 0. The van der Waals surface area contributed by atoms with Crippen LogP contribution in [0.25, 0.3) is 0 Å². The summed E-state index contributed by atoms with van der Waals surface area (Å²) in [5.74, 6) is 5.77. The number of rotatable bonds is 78. The van der Waals surface area contributed by atoms with Gasteiger partial charge in [-0.25, -0.2) is 0 Å². The number of unbranched alkanes of at least 4 members (excludes halogenated alkanes) is 30. The van der Waals surface area contributed by atoms with Gasteiger partial charge in [-0.1, -0.05) is 354 Å². The van der Waals surface area contributed by atoms with E-state index in [0.29, 0.717) is 164 Å².